The van der Waals surface area contributed by atoms with Crippen LogP contribution in [-0.4, -0.2) is 56.7 Å². The first-order chi connectivity index (χ1) is 17.0. The number of likely N-dealkylation sites (tertiary alicyclic amines) is 1. The number of nitrogens with one attached hydrogen (secondary N) is 2. The van der Waals surface area contributed by atoms with Crippen LogP contribution in [0.5, 0.6) is 0 Å². The predicted octanol–water partition coefficient (Wildman–Crippen LogP) is 4.62. The van der Waals surface area contributed by atoms with E-state index in [9.17, 15) is 14.7 Å². The Bertz CT molecular complexity index is 1450. The number of carbonyl (C=O) groups is 2. The highest BCUT2D eigenvalue weighted by atomic mass is 32.1. The Morgan fingerprint density at radius 2 is 2.03 bits per heavy atom. The van der Waals surface area contributed by atoms with Gasteiger partial charge >= 0.3 is 6.03 Å². The number of thiophene rings is 1. The molecular weight excluding hydrogens is 462 g/mol. The third-order valence-corrected chi connectivity index (χ3v) is 7.99. The highest BCUT2D eigenvalue weighted by Crippen LogP contribution is 2.35. The Hall–Kier alpha value is -3.43. The number of rotatable bonds is 5. The van der Waals surface area contributed by atoms with Gasteiger partial charge in [-0.2, -0.15) is 0 Å². The van der Waals surface area contributed by atoms with Crippen molar-refractivity contribution in [2.24, 2.45) is 0 Å². The number of carbonyl (C=O) groups excluding carboxylic acids is 2. The second-order valence-electron chi connectivity index (χ2n) is 9.40. The predicted molar refractivity (Wildman–Crippen MR) is 138 cm³/mol. The lowest BCUT2D eigenvalue weighted by atomic mass is 10.2. The van der Waals surface area contributed by atoms with E-state index < -0.39 is 0 Å². The zero-order valence-electron chi connectivity index (χ0n) is 19.5. The van der Waals surface area contributed by atoms with Gasteiger partial charge in [0.05, 0.1) is 38.9 Å². The molecule has 9 heteroatoms. The molecule has 1 unspecified atom stereocenters. The maximum Gasteiger partial charge on any atom is 0.326 e. The second kappa shape index (κ2) is 8.66. The molecule has 1 saturated heterocycles. The number of hydrogen-bond acceptors (Lipinski definition) is 6. The highest BCUT2D eigenvalue weighted by molar-refractivity contribution is 7.21. The molecule has 2 fully saturated rings. The minimum absolute atomic E-state index is 0.00634. The van der Waals surface area contributed by atoms with Crippen LogP contribution < -0.4 is 10.6 Å². The van der Waals surface area contributed by atoms with Gasteiger partial charge in [0.15, 0.2) is 0 Å². The molecule has 4 heterocycles. The zero-order valence-corrected chi connectivity index (χ0v) is 20.3. The maximum atomic E-state index is 13.1. The lowest BCUT2D eigenvalue weighted by molar-refractivity contribution is 0.0682. The molecular formula is C26H27N5O3S. The minimum Gasteiger partial charge on any atom is -0.394 e. The van der Waals surface area contributed by atoms with Crippen LogP contribution in [0.2, 0.25) is 0 Å². The van der Waals surface area contributed by atoms with E-state index in [-0.39, 0.29) is 24.6 Å². The van der Waals surface area contributed by atoms with Crippen molar-refractivity contribution in [3.63, 3.8) is 0 Å². The van der Waals surface area contributed by atoms with Gasteiger partial charge in [0.1, 0.15) is 0 Å². The van der Waals surface area contributed by atoms with E-state index in [0.29, 0.717) is 17.5 Å². The monoisotopic (exact) mass is 489 g/mol. The van der Waals surface area contributed by atoms with E-state index in [4.69, 9.17) is 0 Å². The number of aliphatic hydroxyl groups excluding tert-OH is 1. The molecule has 8 nitrogen and oxygen atoms in total. The first-order valence-corrected chi connectivity index (χ1v) is 12.8. The van der Waals surface area contributed by atoms with Crippen molar-refractivity contribution in [2.75, 3.05) is 18.5 Å². The fourth-order valence-corrected chi connectivity index (χ4v) is 5.94. The Morgan fingerprint density at radius 3 is 2.83 bits per heavy atom. The standard InChI is InChI=1S/C26H27N5O3S/c1-15-11-16-12-18(6-7-22(16)31(15)26(34)29-17-4-5-17)28-20-8-9-27-21-13-23(35-24(20)21)25(33)30-10-2-3-19(30)14-32/h6-9,11-13,17,19,32H,2-5,10,14H2,1H3,(H,27,28)(H,29,34). The first-order valence-electron chi connectivity index (χ1n) is 12.0. The zero-order chi connectivity index (χ0) is 24.1. The number of hydrogen-bond donors (Lipinski definition) is 3. The topological polar surface area (TPSA) is 99.5 Å². The number of aromatic nitrogens is 2. The summed E-state index contributed by atoms with van der Waals surface area (Å²) in [5, 5.41) is 17.1. The molecule has 1 aliphatic heterocycles. The Kier molecular flexibility index (Phi) is 5.46. The first kappa shape index (κ1) is 22.1. The van der Waals surface area contributed by atoms with Gasteiger partial charge < -0.3 is 20.6 Å². The lowest BCUT2D eigenvalue weighted by Gasteiger charge is -2.22. The summed E-state index contributed by atoms with van der Waals surface area (Å²) < 4.78 is 2.64. The van der Waals surface area contributed by atoms with Crippen molar-refractivity contribution >= 4 is 55.8 Å². The lowest BCUT2D eigenvalue weighted by Crippen LogP contribution is -2.37. The summed E-state index contributed by atoms with van der Waals surface area (Å²) in [4.78, 5) is 32.7. The number of nitrogens with zero attached hydrogens (tertiary/aromatic N) is 3. The summed E-state index contributed by atoms with van der Waals surface area (Å²) in [6.45, 7) is 2.61. The van der Waals surface area contributed by atoms with E-state index in [2.05, 4.69) is 15.6 Å². The number of fused-ring (bicyclic) bond motifs is 2. The van der Waals surface area contributed by atoms with Crippen molar-refractivity contribution < 1.29 is 14.7 Å². The van der Waals surface area contributed by atoms with Crippen LogP contribution in [0.15, 0.2) is 42.6 Å². The summed E-state index contributed by atoms with van der Waals surface area (Å²) in [7, 11) is 0. The summed E-state index contributed by atoms with van der Waals surface area (Å²) in [6.07, 6.45) is 5.59. The van der Waals surface area contributed by atoms with Gasteiger partial charge in [-0.3, -0.25) is 14.3 Å². The highest BCUT2D eigenvalue weighted by Gasteiger charge is 2.30. The van der Waals surface area contributed by atoms with Gasteiger partial charge in [-0.25, -0.2) is 4.79 Å². The van der Waals surface area contributed by atoms with Crippen LogP contribution in [-0.2, 0) is 0 Å². The van der Waals surface area contributed by atoms with Gasteiger partial charge in [-0.05, 0) is 69.0 Å². The Balaban J connectivity index is 1.28. The van der Waals surface area contributed by atoms with Crippen molar-refractivity contribution in [2.45, 2.75) is 44.7 Å². The summed E-state index contributed by atoms with van der Waals surface area (Å²) >= 11 is 1.42. The van der Waals surface area contributed by atoms with E-state index in [0.717, 1.165) is 63.9 Å². The van der Waals surface area contributed by atoms with Gasteiger partial charge in [0.2, 0.25) is 0 Å². The van der Waals surface area contributed by atoms with Crippen LogP contribution in [0, 0.1) is 6.92 Å². The molecule has 1 aromatic carbocycles. The average Bonchev–Trinajstić information content (AvgIpc) is 3.24. The molecule has 1 atom stereocenters. The summed E-state index contributed by atoms with van der Waals surface area (Å²) in [6, 6.07) is 11.8. The van der Waals surface area contributed by atoms with Crippen molar-refractivity contribution in [1.29, 1.82) is 0 Å². The number of pyridine rings is 1. The minimum atomic E-state index is -0.105. The molecule has 4 aromatic rings. The van der Waals surface area contributed by atoms with Gasteiger partial charge in [0, 0.05) is 35.6 Å². The van der Waals surface area contributed by atoms with E-state index >= 15 is 0 Å². The molecule has 35 heavy (non-hydrogen) atoms. The molecule has 2 aliphatic rings. The molecule has 3 aromatic heterocycles. The SMILES string of the molecule is Cc1cc2cc(Nc3ccnc4cc(C(=O)N5CCCC5CO)sc34)ccc2n1C(=O)NC1CC1. The van der Waals surface area contributed by atoms with Gasteiger partial charge in [0.25, 0.3) is 5.91 Å². The maximum absolute atomic E-state index is 13.1. The van der Waals surface area contributed by atoms with Crippen molar-refractivity contribution in [1.82, 2.24) is 19.8 Å². The molecule has 3 N–H and O–H groups in total. The molecule has 1 aliphatic carbocycles. The fraction of sp³-hybridized carbons (Fsp3) is 0.346. The Morgan fingerprint density at radius 1 is 1.17 bits per heavy atom. The molecule has 0 spiro atoms. The molecule has 0 bridgehead atoms. The third kappa shape index (κ3) is 4.04. The molecule has 1 saturated carbocycles. The molecule has 0 radical (unpaired) electrons. The average molecular weight is 490 g/mol. The second-order valence-corrected chi connectivity index (χ2v) is 10.5. The van der Waals surface area contributed by atoms with Gasteiger partial charge in [-0.1, -0.05) is 0 Å². The largest absolute Gasteiger partial charge is 0.394 e. The van der Waals surface area contributed by atoms with E-state index in [1.165, 1.54) is 11.3 Å². The fourth-order valence-electron chi connectivity index (χ4n) is 4.90. The normalized spacial score (nSPS) is 17.9. The Labute approximate surface area is 206 Å². The van der Waals surface area contributed by atoms with Crippen LogP contribution >= 0.6 is 11.3 Å². The summed E-state index contributed by atoms with van der Waals surface area (Å²) in [5.74, 6) is -0.0433. The molecule has 2 amide bonds. The molecule has 6 rings (SSSR count). The van der Waals surface area contributed by atoms with Crippen molar-refractivity contribution in [3.05, 3.63) is 53.2 Å². The number of benzene rings is 1. The smallest absolute Gasteiger partial charge is 0.326 e. The van der Waals surface area contributed by atoms with Gasteiger partial charge in [-0.15, -0.1) is 11.3 Å². The number of anilines is 2. The number of aryl methyl sites for hydroxylation is 1. The number of amides is 2. The van der Waals surface area contributed by atoms with Crippen molar-refractivity contribution in [3.8, 4) is 0 Å². The third-order valence-electron chi connectivity index (χ3n) is 6.84. The van der Waals surface area contributed by atoms with Crippen LogP contribution in [0.4, 0.5) is 16.2 Å². The van der Waals surface area contributed by atoms with Crippen LogP contribution in [0.25, 0.3) is 21.1 Å². The van der Waals surface area contributed by atoms with E-state index in [1.807, 2.05) is 43.3 Å². The van der Waals surface area contributed by atoms with Crippen LogP contribution in [0.3, 0.4) is 0 Å². The quantitative estimate of drug-likeness (QED) is 0.380. The van der Waals surface area contributed by atoms with E-state index in [1.54, 1.807) is 15.7 Å². The molecule has 180 valence electrons. The van der Waals surface area contributed by atoms with Crippen LogP contribution in [0.1, 0.15) is 41.0 Å². The number of aliphatic hydroxyl groups is 1. The summed E-state index contributed by atoms with van der Waals surface area (Å²) in [5.41, 5.74) is 4.31.